The summed E-state index contributed by atoms with van der Waals surface area (Å²) in [6.45, 7) is 4.56. The number of likely N-dealkylation sites (tertiary alicyclic amines) is 1. The predicted octanol–water partition coefficient (Wildman–Crippen LogP) is 3.68. The van der Waals surface area contributed by atoms with Crippen LogP contribution >= 0.6 is 24.0 Å². The Kier molecular flexibility index (Phi) is 9.47. The van der Waals surface area contributed by atoms with Crippen molar-refractivity contribution in [3.63, 3.8) is 0 Å². The topological polar surface area (TPSA) is 56.7 Å². The van der Waals surface area contributed by atoms with Gasteiger partial charge in [0, 0.05) is 37.2 Å². The van der Waals surface area contributed by atoms with E-state index in [0.29, 0.717) is 24.0 Å². The maximum Gasteiger partial charge on any atom is 0.225 e. The summed E-state index contributed by atoms with van der Waals surface area (Å²) in [5.41, 5.74) is 0.579. The van der Waals surface area contributed by atoms with E-state index in [0.717, 1.165) is 38.9 Å². The van der Waals surface area contributed by atoms with Gasteiger partial charge in [0.15, 0.2) is 5.96 Å². The van der Waals surface area contributed by atoms with Gasteiger partial charge in [-0.1, -0.05) is 37.5 Å². The first-order valence-corrected chi connectivity index (χ1v) is 10.2. The van der Waals surface area contributed by atoms with Crippen molar-refractivity contribution in [1.29, 1.82) is 0 Å². The number of rotatable bonds is 5. The zero-order chi connectivity index (χ0) is 19.1. The SMILES string of the molecule is CCNC(=NCc1ccccc1F)NC1CCN(C(=O)C2CCCCC2)C1.I. The Hall–Kier alpha value is -1.38. The van der Waals surface area contributed by atoms with Crippen LogP contribution in [0.2, 0.25) is 0 Å². The van der Waals surface area contributed by atoms with E-state index >= 15 is 0 Å². The van der Waals surface area contributed by atoms with Gasteiger partial charge in [-0.3, -0.25) is 4.79 Å². The molecule has 1 amide bonds. The van der Waals surface area contributed by atoms with Gasteiger partial charge < -0.3 is 15.5 Å². The normalized spacial score (nSPS) is 20.6. The Morgan fingerprint density at radius 1 is 1.21 bits per heavy atom. The summed E-state index contributed by atoms with van der Waals surface area (Å²) in [6, 6.07) is 6.90. The van der Waals surface area contributed by atoms with Crippen molar-refractivity contribution in [2.75, 3.05) is 19.6 Å². The van der Waals surface area contributed by atoms with Crippen LogP contribution in [0, 0.1) is 11.7 Å². The van der Waals surface area contributed by atoms with Crippen LogP contribution in [0.25, 0.3) is 0 Å². The minimum Gasteiger partial charge on any atom is -0.357 e. The first-order valence-electron chi connectivity index (χ1n) is 10.2. The molecule has 3 rings (SSSR count). The van der Waals surface area contributed by atoms with E-state index in [9.17, 15) is 9.18 Å². The van der Waals surface area contributed by atoms with Crippen molar-refractivity contribution < 1.29 is 9.18 Å². The average Bonchev–Trinajstić information content (AvgIpc) is 3.16. The molecule has 2 fully saturated rings. The predicted molar refractivity (Wildman–Crippen MR) is 121 cm³/mol. The van der Waals surface area contributed by atoms with Crippen molar-refractivity contribution in [1.82, 2.24) is 15.5 Å². The van der Waals surface area contributed by atoms with E-state index in [2.05, 4.69) is 15.6 Å². The lowest BCUT2D eigenvalue weighted by Crippen LogP contribution is -2.45. The molecule has 1 heterocycles. The number of nitrogens with one attached hydrogen (secondary N) is 2. The maximum absolute atomic E-state index is 13.8. The number of nitrogens with zero attached hydrogens (tertiary/aromatic N) is 2. The van der Waals surface area contributed by atoms with Crippen LogP contribution < -0.4 is 10.6 Å². The minimum absolute atomic E-state index is 0. The summed E-state index contributed by atoms with van der Waals surface area (Å²) < 4.78 is 13.8. The molecule has 0 aromatic heterocycles. The standard InChI is InChI=1S/C21H31FN4O.HI/c1-2-23-21(24-14-17-10-6-7-11-19(17)22)25-18-12-13-26(15-18)20(27)16-8-4-3-5-9-16;/h6-7,10-11,16,18H,2-5,8-9,12-15H2,1H3,(H2,23,24,25);1H. The molecule has 1 aromatic carbocycles. The van der Waals surface area contributed by atoms with Crippen molar-refractivity contribution in [2.24, 2.45) is 10.9 Å². The second-order valence-electron chi connectivity index (χ2n) is 7.54. The third kappa shape index (κ3) is 6.32. The fourth-order valence-corrected chi connectivity index (χ4v) is 3.99. The lowest BCUT2D eigenvalue weighted by atomic mass is 9.88. The molecule has 1 atom stereocenters. The number of halogens is 2. The number of aliphatic imine (C=N–C) groups is 1. The van der Waals surface area contributed by atoms with E-state index in [4.69, 9.17) is 0 Å². The fourth-order valence-electron chi connectivity index (χ4n) is 3.99. The number of guanidine groups is 1. The zero-order valence-electron chi connectivity index (χ0n) is 16.6. The molecule has 1 saturated carbocycles. The van der Waals surface area contributed by atoms with E-state index in [1.807, 2.05) is 17.9 Å². The molecule has 0 radical (unpaired) electrons. The van der Waals surface area contributed by atoms with Gasteiger partial charge >= 0.3 is 0 Å². The van der Waals surface area contributed by atoms with Gasteiger partial charge in [0.2, 0.25) is 5.91 Å². The van der Waals surface area contributed by atoms with Crippen LogP contribution in [-0.4, -0.2) is 42.4 Å². The van der Waals surface area contributed by atoms with Gasteiger partial charge in [0.05, 0.1) is 6.54 Å². The second-order valence-corrected chi connectivity index (χ2v) is 7.54. The summed E-state index contributed by atoms with van der Waals surface area (Å²) in [4.78, 5) is 19.2. The highest BCUT2D eigenvalue weighted by Gasteiger charge is 2.31. The third-order valence-corrected chi connectivity index (χ3v) is 5.50. The fraction of sp³-hybridized carbons (Fsp3) is 0.619. The summed E-state index contributed by atoms with van der Waals surface area (Å²) >= 11 is 0. The number of benzene rings is 1. The molecule has 2 N–H and O–H groups in total. The molecule has 0 spiro atoms. The molecule has 5 nitrogen and oxygen atoms in total. The van der Waals surface area contributed by atoms with Crippen LogP contribution in [-0.2, 0) is 11.3 Å². The van der Waals surface area contributed by atoms with Crippen LogP contribution in [0.4, 0.5) is 4.39 Å². The maximum atomic E-state index is 13.8. The Morgan fingerprint density at radius 3 is 2.68 bits per heavy atom. The number of amides is 1. The molecule has 7 heteroatoms. The minimum atomic E-state index is -0.234. The molecule has 2 aliphatic rings. The quantitative estimate of drug-likeness (QED) is 0.367. The van der Waals surface area contributed by atoms with E-state index in [1.165, 1.54) is 25.3 Å². The van der Waals surface area contributed by atoms with Crippen molar-refractivity contribution in [2.45, 2.75) is 58.0 Å². The van der Waals surface area contributed by atoms with E-state index in [-0.39, 0.29) is 41.8 Å². The van der Waals surface area contributed by atoms with Gasteiger partial charge in [-0.15, -0.1) is 24.0 Å². The van der Waals surface area contributed by atoms with Gasteiger partial charge in [-0.25, -0.2) is 9.38 Å². The lowest BCUT2D eigenvalue weighted by Gasteiger charge is -2.26. The number of hydrogen-bond acceptors (Lipinski definition) is 2. The van der Waals surface area contributed by atoms with Crippen molar-refractivity contribution in [3.8, 4) is 0 Å². The lowest BCUT2D eigenvalue weighted by molar-refractivity contribution is -0.135. The monoisotopic (exact) mass is 502 g/mol. The van der Waals surface area contributed by atoms with Gasteiger partial charge in [-0.2, -0.15) is 0 Å². The molecule has 0 bridgehead atoms. The highest BCUT2D eigenvalue weighted by molar-refractivity contribution is 14.0. The van der Waals surface area contributed by atoms with Crippen LogP contribution in [0.5, 0.6) is 0 Å². The molecule has 1 aliphatic heterocycles. The van der Waals surface area contributed by atoms with Crippen LogP contribution in [0.15, 0.2) is 29.3 Å². The molecule has 1 saturated heterocycles. The molecular weight excluding hydrogens is 470 g/mol. The highest BCUT2D eigenvalue weighted by Crippen LogP contribution is 2.26. The molecular formula is C21H32FIN4O. The van der Waals surface area contributed by atoms with Crippen LogP contribution in [0.3, 0.4) is 0 Å². The zero-order valence-corrected chi connectivity index (χ0v) is 19.0. The molecule has 1 aromatic rings. The average molecular weight is 502 g/mol. The van der Waals surface area contributed by atoms with E-state index in [1.54, 1.807) is 12.1 Å². The van der Waals surface area contributed by atoms with Gasteiger partial charge in [0.25, 0.3) is 0 Å². The summed E-state index contributed by atoms with van der Waals surface area (Å²) in [5.74, 6) is 0.993. The van der Waals surface area contributed by atoms with Crippen molar-refractivity contribution >= 4 is 35.8 Å². The summed E-state index contributed by atoms with van der Waals surface area (Å²) in [7, 11) is 0. The largest absolute Gasteiger partial charge is 0.357 e. The van der Waals surface area contributed by atoms with Crippen molar-refractivity contribution in [3.05, 3.63) is 35.6 Å². The second kappa shape index (κ2) is 11.6. The first kappa shape index (κ1) is 22.9. The Balaban J connectivity index is 0.00000280. The highest BCUT2D eigenvalue weighted by atomic mass is 127. The Morgan fingerprint density at radius 2 is 1.96 bits per heavy atom. The summed E-state index contributed by atoms with van der Waals surface area (Å²) in [5, 5.41) is 6.64. The summed E-state index contributed by atoms with van der Waals surface area (Å²) in [6.07, 6.45) is 6.62. The van der Waals surface area contributed by atoms with Gasteiger partial charge in [-0.05, 0) is 32.3 Å². The number of carbonyl (C=O) groups is 1. The smallest absolute Gasteiger partial charge is 0.225 e. The number of carbonyl (C=O) groups excluding carboxylic acids is 1. The first-order chi connectivity index (χ1) is 13.2. The van der Waals surface area contributed by atoms with Crippen LogP contribution in [0.1, 0.15) is 51.0 Å². The molecule has 1 aliphatic carbocycles. The Labute approximate surface area is 184 Å². The molecule has 1 unspecified atom stereocenters. The van der Waals surface area contributed by atoms with E-state index < -0.39 is 0 Å². The molecule has 28 heavy (non-hydrogen) atoms. The van der Waals surface area contributed by atoms with Gasteiger partial charge in [0.1, 0.15) is 5.82 Å². The number of hydrogen-bond donors (Lipinski definition) is 2. The third-order valence-electron chi connectivity index (χ3n) is 5.50. The molecule has 156 valence electrons. The Bertz CT molecular complexity index is 664.